The predicted octanol–water partition coefficient (Wildman–Crippen LogP) is 4.05. The van der Waals surface area contributed by atoms with E-state index in [1.807, 2.05) is 25.1 Å². The van der Waals surface area contributed by atoms with Crippen LogP contribution < -0.4 is 5.32 Å². The lowest BCUT2D eigenvalue weighted by molar-refractivity contribution is 0.628. The van der Waals surface area contributed by atoms with Gasteiger partial charge in [-0.1, -0.05) is 17.7 Å². The number of rotatable bonds is 3. The molecule has 0 fully saturated rings. The van der Waals surface area contributed by atoms with Crippen LogP contribution in [0.4, 0.5) is 10.1 Å². The fourth-order valence-electron chi connectivity index (χ4n) is 1.55. The molecule has 0 aliphatic heterocycles. The molecule has 0 aliphatic rings. The molecule has 0 radical (unpaired) electrons. The van der Waals surface area contributed by atoms with Crippen LogP contribution in [-0.2, 0) is 0 Å². The van der Waals surface area contributed by atoms with Crippen molar-refractivity contribution in [3.8, 4) is 0 Å². The summed E-state index contributed by atoms with van der Waals surface area (Å²) < 4.78 is 12.9. The van der Waals surface area contributed by atoms with Crippen molar-refractivity contribution in [3.05, 3.63) is 59.1 Å². The van der Waals surface area contributed by atoms with Gasteiger partial charge in [-0.15, -0.1) is 0 Å². The maximum atomic E-state index is 12.9. The summed E-state index contributed by atoms with van der Waals surface area (Å²) in [6, 6.07) is 10.0. The lowest BCUT2D eigenvalue weighted by atomic mass is 10.2. The number of anilines is 1. The van der Waals surface area contributed by atoms with Crippen LogP contribution in [0.25, 0.3) is 0 Å². The average molecular weight is 251 g/mol. The summed E-state index contributed by atoms with van der Waals surface area (Å²) in [6.45, 7) is 1.97. The molecule has 2 rings (SSSR count). The Morgan fingerprint density at radius 2 is 2.12 bits per heavy atom. The molecule has 1 N–H and O–H groups in total. The predicted molar refractivity (Wildman–Crippen MR) is 67.7 cm³/mol. The summed E-state index contributed by atoms with van der Waals surface area (Å²) in [6.07, 6.45) is 1.74. The molecule has 1 atom stereocenters. The minimum atomic E-state index is -0.342. The highest BCUT2D eigenvalue weighted by molar-refractivity contribution is 6.33. The average Bonchev–Trinajstić information content (AvgIpc) is 2.34. The first-order valence-corrected chi connectivity index (χ1v) is 5.67. The van der Waals surface area contributed by atoms with Gasteiger partial charge < -0.3 is 5.32 Å². The number of pyridine rings is 1. The van der Waals surface area contributed by atoms with Gasteiger partial charge in [0.25, 0.3) is 0 Å². The Hall–Kier alpha value is -1.61. The van der Waals surface area contributed by atoms with Crippen LogP contribution in [0.2, 0.25) is 5.02 Å². The molecule has 0 aliphatic carbocycles. The van der Waals surface area contributed by atoms with E-state index in [4.69, 9.17) is 11.6 Å². The maximum absolute atomic E-state index is 12.9. The van der Waals surface area contributed by atoms with Crippen molar-refractivity contribution in [3.63, 3.8) is 0 Å². The highest BCUT2D eigenvalue weighted by atomic mass is 35.5. The second-order valence-electron chi connectivity index (χ2n) is 3.74. The number of nitrogens with zero attached hydrogens (tertiary/aromatic N) is 1. The van der Waals surface area contributed by atoms with E-state index in [0.717, 1.165) is 5.69 Å². The molecule has 1 heterocycles. The Bertz CT molecular complexity index is 502. The lowest BCUT2D eigenvalue weighted by Crippen LogP contribution is -2.08. The third-order valence-electron chi connectivity index (χ3n) is 2.43. The minimum Gasteiger partial charge on any atom is -0.376 e. The molecule has 0 spiro atoms. The molecule has 4 heteroatoms. The van der Waals surface area contributed by atoms with Crippen LogP contribution >= 0.6 is 11.6 Å². The van der Waals surface area contributed by atoms with Gasteiger partial charge in [0.15, 0.2) is 0 Å². The first kappa shape index (κ1) is 11.9. The molecule has 17 heavy (non-hydrogen) atoms. The zero-order valence-corrected chi connectivity index (χ0v) is 10.1. The molecule has 2 aromatic rings. The van der Waals surface area contributed by atoms with E-state index in [1.165, 1.54) is 12.1 Å². The molecular formula is C13H12ClFN2. The quantitative estimate of drug-likeness (QED) is 0.889. The number of halogens is 2. The first-order valence-electron chi connectivity index (χ1n) is 5.29. The number of aromatic nitrogens is 1. The molecule has 0 amide bonds. The fraction of sp³-hybridized carbons (Fsp3) is 0.154. The third kappa shape index (κ3) is 2.94. The normalized spacial score (nSPS) is 12.2. The Kier molecular flexibility index (Phi) is 3.59. The monoisotopic (exact) mass is 250 g/mol. The Morgan fingerprint density at radius 3 is 2.76 bits per heavy atom. The van der Waals surface area contributed by atoms with Gasteiger partial charge >= 0.3 is 0 Å². The van der Waals surface area contributed by atoms with Gasteiger partial charge in [0, 0.05) is 6.20 Å². The molecule has 0 saturated heterocycles. The largest absolute Gasteiger partial charge is 0.376 e. The van der Waals surface area contributed by atoms with E-state index in [0.29, 0.717) is 10.7 Å². The highest BCUT2D eigenvalue weighted by Gasteiger charge is 2.08. The molecular weight excluding hydrogens is 239 g/mol. The third-order valence-corrected chi connectivity index (χ3v) is 2.75. The summed E-state index contributed by atoms with van der Waals surface area (Å²) in [5, 5.41) is 3.56. The van der Waals surface area contributed by atoms with E-state index in [9.17, 15) is 4.39 Å². The maximum Gasteiger partial charge on any atom is 0.124 e. The van der Waals surface area contributed by atoms with E-state index in [1.54, 1.807) is 12.3 Å². The van der Waals surface area contributed by atoms with Gasteiger partial charge in [-0.05, 0) is 37.3 Å². The van der Waals surface area contributed by atoms with Gasteiger partial charge in [0.2, 0.25) is 0 Å². The van der Waals surface area contributed by atoms with Crippen molar-refractivity contribution in [2.75, 3.05) is 5.32 Å². The van der Waals surface area contributed by atoms with E-state index in [2.05, 4.69) is 10.3 Å². The smallest absolute Gasteiger partial charge is 0.124 e. The van der Waals surface area contributed by atoms with Crippen molar-refractivity contribution in [1.82, 2.24) is 4.98 Å². The second kappa shape index (κ2) is 5.15. The van der Waals surface area contributed by atoms with E-state index >= 15 is 0 Å². The van der Waals surface area contributed by atoms with Crippen molar-refractivity contribution >= 4 is 17.3 Å². The topological polar surface area (TPSA) is 24.9 Å². The fourth-order valence-corrected chi connectivity index (χ4v) is 1.77. The zero-order chi connectivity index (χ0) is 12.3. The summed E-state index contributed by atoms with van der Waals surface area (Å²) in [5.74, 6) is -0.342. The van der Waals surface area contributed by atoms with Gasteiger partial charge in [-0.3, -0.25) is 4.98 Å². The van der Waals surface area contributed by atoms with Gasteiger partial charge in [-0.2, -0.15) is 0 Å². The Balaban J connectivity index is 2.16. The minimum absolute atomic E-state index is 0.0131. The number of hydrogen-bond donors (Lipinski definition) is 1. The number of hydrogen-bond acceptors (Lipinski definition) is 2. The molecule has 88 valence electrons. The van der Waals surface area contributed by atoms with Gasteiger partial charge in [0.05, 0.1) is 22.4 Å². The van der Waals surface area contributed by atoms with Crippen LogP contribution in [0, 0.1) is 5.82 Å². The SMILES string of the molecule is CC(Nc1ccc(F)cc1Cl)c1ccccn1. The first-order chi connectivity index (χ1) is 8.16. The van der Waals surface area contributed by atoms with E-state index in [-0.39, 0.29) is 11.9 Å². The van der Waals surface area contributed by atoms with Crippen molar-refractivity contribution < 1.29 is 4.39 Å². The van der Waals surface area contributed by atoms with E-state index < -0.39 is 0 Å². The van der Waals surface area contributed by atoms with Crippen LogP contribution in [0.1, 0.15) is 18.7 Å². The second-order valence-corrected chi connectivity index (χ2v) is 4.15. The van der Waals surface area contributed by atoms with Crippen LogP contribution in [0.5, 0.6) is 0 Å². The molecule has 0 bridgehead atoms. The highest BCUT2D eigenvalue weighted by Crippen LogP contribution is 2.26. The molecule has 1 aromatic heterocycles. The molecule has 1 unspecified atom stereocenters. The molecule has 1 aromatic carbocycles. The van der Waals surface area contributed by atoms with Crippen LogP contribution in [0.3, 0.4) is 0 Å². The summed E-state index contributed by atoms with van der Waals surface area (Å²) >= 11 is 5.94. The lowest BCUT2D eigenvalue weighted by Gasteiger charge is -2.15. The standard InChI is InChI=1S/C13H12ClFN2/c1-9(12-4-2-3-7-16-12)17-13-6-5-10(15)8-11(13)14/h2-9,17H,1H3. The van der Waals surface area contributed by atoms with Crippen molar-refractivity contribution in [1.29, 1.82) is 0 Å². The van der Waals surface area contributed by atoms with Crippen molar-refractivity contribution in [2.24, 2.45) is 0 Å². The number of nitrogens with one attached hydrogen (secondary N) is 1. The Morgan fingerprint density at radius 1 is 1.29 bits per heavy atom. The number of benzene rings is 1. The van der Waals surface area contributed by atoms with Gasteiger partial charge in [0.1, 0.15) is 5.82 Å². The molecule has 0 saturated carbocycles. The molecule has 2 nitrogen and oxygen atoms in total. The van der Waals surface area contributed by atoms with Crippen LogP contribution in [-0.4, -0.2) is 4.98 Å². The van der Waals surface area contributed by atoms with Crippen molar-refractivity contribution in [2.45, 2.75) is 13.0 Å². The summed E-state index contributed by atoms with van der Waals surface area (Å²) in [7, 11) is 0. The van der Waals surface area contributed by atoms with Crippen LogP contribution in [0.15, 0.2) is 42.6 Å². The zero-order valence-electron chi connectivity index (χ0n) is 9.32. The summed E-state index contributed by atoms with van der Waals surface area (Å²) in [4.78, 5) is 4.24. The van der Waals surface area contributed by atoms with Gasteiger partial charge in [-0.25, -0.2) is 4.39 Å². The summed E-state index contributed by atoms with van der Waals surface area (Å²) in [5.41, 5.74) is 1.61. The Labute approximate surface area is 104 Å².